The average molecular weight is 256 g/mol. The first kappa shape index (κ1) is 13.7. The zero-order valence-corrected chi connectivity index (χ0v) is 12.0. The predicted octanol–water partition coefficient (Wildman–Crippen LogP) is 2.48. The van der Waals surface area contributed by atoms with Crippen LogP contribution < -0.4 is 11.1 Å². The van der Waals surface area contributed by atoms with Gasteiger partial charge in [-0.1, -0.05) is 6.92 Å². The third kappa shape index (κ3) is 4.80. The highest BCUT2D eigenvalue weighted by Crippen LogP contribution is 2.48. The van der Waals surface area contributed by atoms with Crippen molar-refractivity contribution in [3.63, 3.8) is 0 Å². The van der Waals surface area contributed by atoms with Crippen LogP contribution in [0.2, 0.25) is 0 Å². The molecule has 2 fully saturated rings. The molecule has 0 aromatic rings. The van der Waals surface area contributed by atoms with Gasteiger partial charge in [-0.3, -0.25) is 0 Å². The molecule has 3 N–H and O–H groups in total. The van der Waals surface area contributed by atoms with Gasteiger partial charge in [-0.25, -0.2) is 0 Å². The van der Waals surface area contributed by atoms with Crippen molar-refractivity contribution in [1.29, 1.82) is 0 Å². The highest BCUT2D eigenvalue weighted by molar-refractivity contribution is 7.99. The number of hydrogen-bond donors (Lipinski definition) is 2. The van der Waals surface area contributed by atoms with Gasteiger partial charge in [0.15, 0.2) is 0 Å². The lowest BCUT2D eigenvalue weighted by molar-refractivity contribution is 0.353. The summed E-state index contributed by atoms with van der Waals surface area (Å²) >= 11 is 2.03. The molecule has 0 spiro atoms. The summed E-state index contributed by atoms with van der Waals surface area (Å²) in [6.45, 7) is 4.26. The minimum Gasteiger partial charge on any atom is -0.329 e. The van der Waals surface area contributed by atoms with Crippen molar-refractivity contribution < 1.29 is 0 Å². The quantitative estimate of drug-likeness (QED) is 0.590. The minimum absolute atomic E-state index is 0.550. The van der Waals surface area contributed by atoms with Gasteiger partial charge in [0, 0.05) is 12.6 Å². The number of thioether (sulfide) groups is 1. The lowest BCUT2D eigenvalue weighted by Gasteiger charge is -2.22. The Bertz CT molecular complexity index is 202. The highest BCUT2D eigenvalue weighted by atomic mass is 32.2. The Labute approximate surface area is 110 Å². The smallest absolute Gasteiger partial charge is 0.0198 e. The Hall–Kier alpha value is 0.270. The van der Waals surface area contributed by atoms with Crippen molar-refractivity contribution in [2.24, 2.45) is 23.5 Å². The van der Waals surface area contributed by atoms with E-state index in [1.54, 1.807) is 0 Å². The molecule has 2 aliphatic rings. The van der Waals surface area contributed by atoms with E-state index < -0.39 is 0 Å². The third-order valence-electron chi connectivity index (χ3n) is 4.20. The molecular weight excluding hydrogens is 228 g/mol. The van der Waals surface area contributed by atoms with Crippen LogP contribution in [0.3, 0.4) is 0 Å². The maximum absolute atomic E-state index is 5.85. The van der Waals surface area contributed by atoms with E-state index in [0.29, 0.717) is 6.04 Å². The molecule has 1 unspecified atom stereocenters. The van der Waals surface area contributed by atoms with Crippen LogP contribution in [0.1, 0.15) is 39.0 Å². The van der Waals surface area contributed by atoms with Crippen LogP contribution in [0.4, 0.5) is 0 Å². The van der Waals surface area contributed by atoms with Gasteiger partial charge in [0.25, 0.3) is 0 Å². The molecule has 2 nitrogen and oxygen atoms in total. The normalized spacial score (nSPS) is 22.1. The van der Waals surface area contributed by atoms with Crippen LogP contribution in [0.25, 0.3) is 0 Å². The second-order valence-corrected chi connectivity index (χ2v) is 7.06. The summed E-state index contributed by atoms with van der Waals surface area (Å²) in [7, 11) is 0. The number of nitrogens with two attached hydrogens (primary N) is 1. The second-order valence-electron chi connectivity index (χ2n) is 5.67. The molecule has 2 aliphatic carbocycles. The molecule has 2 saturated carbocycles. The molecule has 0 bridgehead atoms. The summed E-state index contributed by atoms with van der Waals surface area (Å²) < 4.78 is 0. The Balaban J connectivity index is 1.63. The Morgan fingerprint density at radius 3 is 2.35 bits per heavy atom. The van der Waals surface area contributed by atoms with E-state index in [4.69, 9.17) is 5.73 Å². The van der Waals surface area contributed by atoms with Crippen LogP contribution in [0.5, 0.6) is 0 Å². The zero-order chi connectivity index (χ0) is 12.1. The summed E-state index contributed by atoms with van der Waals surface area (Å²) in [5.41, 5.74) is 5.85. The summed E-state index contributed by atoms with van der Waals surface area (Å²) in [4.78, 5) is 0. The van der Waals surface area contributed by atoms with Gasteiger partial charge < -0.3 is 11.1 Å². The largest absolute Gasteiger partial charge is 0.329 e. The maximum atomic E-state index is 5.85. The topological polar surface area (TPSA) is 38.0 Å². The summed E-state index contributed by atoms with van der Waals surface area (Å²) in [6, 6.07) is 0.550. The van der Waals surface area contributed by atoms with E-state index in [0.717, 1.165) is 24.3 Å². The molecule has 0 radical (unpaired) electrons. The van der Waals surface area contributed by atoms with Crippen molar-refractivity contribution in [3.05, 3.63) is 0 Å². The van der Waals surface area contributed by atoms with Gasteiger partial charge >= 0.3 is 0 Å². The van der Waals surface area contributed by atoms with Gasteiger partial charge in [0.1, 0.15) is 0 Å². The van der Waals surface area contributed by atoms with E-state index in [9.17, 15) is 0 Å². The molecule has 2 rings (SSSR count). The highest BCUT2D eigenvalue weighted by Gasteiger charge is 2.41. The summed E-state index contributed by atoms with van der Waals surface area (Å²) in [6.07, 6.45) is 7.18. The van der Waals surface area contributed by atoms with Gasteiger partial charge in [-0.05, 0) is 67.9 Å². The van der Waals surface area contributed by atoms with Gasteiger partial charge in [0.2, 0.25) is 0 Å². The van der Waals surface area contributed by atoms with Crippen LogP contribution in [-0.2, 0) is 0 Å². The van der Waals surface area contributed by atoms with Crippen LogP contribution in [0, 0.1) is 17.8 Å². The molecule has 0 saturated heterocycles. The number of rotatable bonds is 10. The van der Waals surface area contributed by atoms with Gasteiger partial charge in [-0.2, -0.15) is 11.8 Å². The minimum atomic E-state index is 0.550. The van der Waals surface area contributed by atoms with E-state index >= 15 is 0 Å². The first-order valence-corrected chi connectivity index (χ1v) is 8.51. The van der Waals surface area contributed by atoms with E-state index in [1.165, 1.54) is 50.2 Å². The number of hydrogen-bond acceptors (Lipinski definition) is 3. The van der Waals surface area contributed by atoms with Crippen LogP contribution in [0.15, 0.2) is 0 Å². The SMILES string of the molecule is CCSCCC(CN)NCC(C1CC1)C1CC1. The molecule has 0 amide bonds. The predicted molar refractivity (Wildman–Crippen MR) is 77.4 cm³/mol. The summed E-state index contributed by atoms with van der Waals surface area (Å²) in [5.74, 6) is 5.56. The van der Waals surface area contributed by atoms with E-state index in [-0.39, 0.29) is 0 Å². The molecule has 0 aromatic carbocycles. The monoisotopic (exact) mass is 256 g/mol. The molecule has 0 heterocycles. The Kier molecular flexibility index (Phi) is 5.64. The Morgan fingerprint density at radius 2 is 1.88 bits per heavy atom. The molecule has 100 valence electrons. The number of nitrogens with one attached hydrogen (secondary N) is 1. The van der Waals surface area contributed by atoms with Crippen LogP contribution in [-0.4, -0.2) is 30.6 Å². The van der Waals surface area contributed by atoms with Crippen molar-refractivity contribution in [2.75, 3.05) is 24.6 Å². The lowest BCUT2D eigenvalue weighted by Crippen LogP contribution is -2.40. The van der Waals surface area contributed by atoms with Crippen molar-refractivity contribution in [1.82, 2.24) is 5.32 Å². The van der Waals surface area contributed by atoms with Crippen molar-refractivity contribution >= 4 is 11.8 Å². The van der Waals surface area contributed by atoms with E-state index in [2.05, 4.69) is 12.2 Å². The molecule has 1 atom stereocenters. The fraction of sp³-hybridized carbons (Fsp3) is 1.00. The molecule has 17 heavy (non-hydrogen) atoms. The molecule has 3 heteroatoms. The van der Waals surface area contributed by atoms with Crippen LogP contribution >= 0.6 is 11.8 Å². The standard InChI is InChI=1S/C14H28N2S/c1-2-17-8-7-13(9-15)16-10-14(11-3-4-11)12-5-6-12/h11-14,16H,2-10,15H2,1H3. The van der Waals surface area contributed by atoms with E-state index in [1.807, 2.05) is 11.8 Å². The maximum Gasteiger partial charge on any atom is 0.0198 e. The Morgan fingerprint density at radius 1 is 1.24 bits per heavy atom. The fourth-order valence-corrected chi connectivity index (χ4v) is 3.48. The van der Waals surface area contributed by atoms with Crippen molar-refractivity contribution in [3.8, 4) is 0 Å². The second kappa shape index (κ2) is 7.01. The van der Waals surface area contributed by atoms with Gasteiger partial charge in [-0.15, -0.1) is 0 Å². The first-order valence-electron chi connectivity index (χ1n) is 7.36. The zero-order valence-electron chi connectivity index (χ0n) is 11.2. The average Bonchev–Trinajstić information content (AvgIpc) is 3.19. The lowest BCUT2D eigenvalue weighted by atomic mass is 9.97. The third-order valence-corrected chi connectivity index (χ3v) is 5.13. The van der Waals surface area contributed by atoms with Crippen molar-refractivity contribution in [2.45, 2.75) is 45.1 Å². The molecular formula is C14H28N2S. The van der Waals surface area contributed by atoms with Gasteiger partial charge in [0.05, 0.1) is 0 Å². The molecule has 0 aromatic heterocycles. The molecule has 0 aliphatic heterocycles. The summed E-state index contributed by atoms with van der Waals surface area (Å²) in [5, 5.41) is 3.73. The fourth-order valence-electron chi connectivity index (χ4n) is 2.74. The first-order chi connectivity index (χ1) is 8.35.